The van der Waals surface area contributed by atoms with Gasteiger partial charge in [-0.2, -0.15) is 18.3 Å². The van der Waals surface area contributed by atoms with Crippen molar-refractivity contribution in [1.82, 2.24) is 9.78 Å². The minimum atomic E-state index is -4.67. The lowest BCUT2D eigenvalue weighted by molar-refractivity contribution is -0.137. The number of halogens is 4. The van der Waals surface area contributed by atoms with Gasteiger partial charge in [0.15, 0.2) is 0 Å². The van der Waals surface area contributed by atoms with Crippen LogP contribution in [0.15, 0.2) is 63.3 Å². The zero-order valence-corrected chi connectivity index (χ0v) is 18.7. The van der Waals surface area contributed by atoms with Crippen LogP contribution in [0.1, 0.15) is 5.56 Å². The fourth-order valence-corrected chi connectivity index (χ4v) is 5.40. The first-order chi connectivity index (χ1) is 14.9. The number of benzene rings is 2. The molecule has 0 atom stereocenters. The Morgan fingerprint density at radius 1 is 1.19 bits per heavy atom. The van der Waals surface area contributed by atoms with Crippen LogP contribution in [0.3, 0.4) is 0 Å². The number of sulfone groups is 1. The zero-order valence-electron chi connectivity index (χ0n) is 16.4. The van der Waals surface area contributed by atoms with E-state index in [4.69, 9.17) is 17.3 Å². The Kier molecular flexibility index (Phi) is 6.77. The van der Waals surface area contributed by atoms with Crippen molar-refractivity contribution in [3.05, 3.63) is 59.1 Å². The van der Waals surface area contributed by atoms with Gasteiger partial charge < -0.3 is 11.1 Å². The van der Waals surface area contributed by atoms with E-state index in [9.17, 15) is 26.4 Å². The quantitative estimate of drug-likeness (QED) is 0.484. The number of nitrogen functional groups attached to an aromatic ring is 1. The van der Waals surface area contributed by atoms with Crippen LogP contribution in [0.2, 0.25) is 5.02 Å². The number of para-hydroxylation sites is 1. The smallest absolute Gasteiger partial charge is 0.383 e. The van der Waals surface area contributed by atoms with Crippen LogP contribution in [0.5, 0.6) is 0 Å². The molecule has 0 aliphatic rings. The van der Waals surface area contributed by atoms with Crippen LogP contribution in [0, 0.1) is 0 Å². The molecule has 3 N–H and O–H groups in total. The van der Waals surface area contributed by atoms with Crippen LogP contribution in [0.25, 0.3) is 0 Å². The standard InChI is InChI=1S/C19H16ClF3N4O3S2/c1-31-18-16(32(29,30)12-8-6-11(20)7-9-12)17(24)27(26-18)10-15(28)25-14-5-3-2-4-13(14)19(21,22)23/h2-9H,10,24H2,1H3,(H,25,28). The third-order valence-corrected chi connectivity index (χ3v) is 7.19. The van der Waals surface area contributed by atoms with Crippen molar-refractivity contribution in [3.63, 3.8) is 0 Å². The van der Waals surface area contributed by atoms with E-state index in [1.165, 1.54) is 36.4 Å². The average Bonchev–Trinajstić information content (AvgIpc) is 3.03. The molecule has 0 radical (unpaired) electrons. The minimum absolute atomic E-state index is 0.0425. The maximum absolute atomic E-state index is 13.1. The number of alkyl halides is 3. The Labute approximate surface area is 190 Å². The first-order valence-corrected chi connectivity index (χ1v) is 11.9. The van der Waals surface area contributed by atoms with Gasteiger partial charge in [-0.25, -0.2) is 13.1 Å². The average molecular weight is 505 g/mol. The summed E-state index contributed by atoms with van der Waals surface area (Å²) in [6, 6.07) is 9.90. The van der Waals surface area contributed by atoms with Gasteiger partial charge in [-0.05, 0) is 42.7 Å². The van der Waals surface area contributed by atoms with Crippen molar-refractivity contribution in [1.29, 1.82) is 0 Å². The number of nitrogens with zero attached hydrogens (tertiary/aromatic N) is 2. The highest BCUT2D eigenvalue weighted by molar-refractivity contribution is 7.99. The normalized spacial score (nSPS) is 12.0. The van der Waals surface area contributed by atoms with Crippen LogP contribution >= 0.6 is 23.4 Å². The molecule has 0 spiro atoms. The molecule has 0 saturated heterocycles. The SMILES string of the molecule is CSc1nn(CC(=O)Nc2ccccc2C(F)(F)F)c(N)c1S(=O)(=O)c1ccc(Cl)cc1. The number of hydrogen-bond donors (Lipinski definition) is 2. The molecule has 2 aromatic carbocycles. The summed E-state index contributed by atoms with van der Waals surface area (Å²) < 4.78 is 66.5. The molecule has 0 saturated carbocycles. The summed E-state index contributed by atoms with van der Waals surface area (Å²) >= 11 is 6.80. The molecule has 0 bridgehead atoms. The molecule has 1 heterocycles. The molecule has 0 unspecified atom stereocenters. The molecule has 1 amide bonds. The van der Waals surface area contributed by atoms with Gasteiger partial charge in [0.1, 0.15) is 22.3 Å². The van der Waals surface area contributed by atoms with Crippen molar-refractivity contribution < 1.29 is 26.4 Å². The number of nitrogens with two attached hydrogens (primary N) is 1. The lowest BCUT2D eigenvalue weighted by atomic mass is 10.1. The van der Waals surface area contributed by atoms with Gasteiger partial charge in [0.2, 0.25) is 15.7 Å². The molecule has 170 valence electrons. The first-order valence-electron chi connectivity index (χ1n) is 8.82. The highest BCUT2D eigenvalue weighted by Gasteiger charge is 2.34. The Bertz CT molecular complexity index is 1260. The van der Waals surface area contributed by atoms with Crippen LogP contribution in [-0.4, -0.2) is 30.4 Å². The van der Waals surface area contributed by atoms with Crippen molar-refractivity contribution >= 4 is 50.6 Å². The van der Waals surface area contributed by atoms with Crippen molar-refractivity contribution in [2.24, 2.45) is 0 Å². The number of carbonyl (C=O) groups is 1. The maximum atomic E-state index is 13.1. The van der Waals surface area contributed by atoms with E-state index in [1.807, 2.05) is 0 Å². The summed E-state index contributed by atoms with van der Waals surface area (Å²) in [5.41, 5.74) is 4.54. The fourth-order valence-electron chi connectivity index (χ4n) is 2.84. The minimum Gasteiger partial charge on any atom is -0.383 e. The van der Waals surface area contributed by atoms with E-state index in [1.54, 1.807) is 6.26 Å². The summed E-state index contributed by atoms with van der Waals surface area (Å²) in [7, 11) is -4.10. The van der Waals surface area contributed by atoms with E-state index in [2.05, 4.69) is 10.4 Å². The summed E-state index contributed by atoms with van der Waals surface area (Å²) in [6.45, 7) is -0.596. The van der Waals surface area contributed by atoms with Gasteiger partial charge in [-0.15, -0.1) is 11.8 Å². The highest BCUT2D eigenvalue weighted by atomic mass is 35.5. The van der Waals surface area contributed by atoms with Gasteiger partial charge in [0.25, 0.3) is 0 Å². The number of nitrogens with one attached hydrogen (secondary N) is 1. The molecule has 0 aliphatic carbocycles. The van der Waals surface area contributed by atoms with Gasteiger partial charge in [0.05, 0.1) is 16.1 Å². The van der Waals surface area contributed by atoms with E-state index >= 15 is 0 Å². The molecule has 32 heavy (non-hydrogen) atoms. The summed E-state index contributed by atoms with van der Waals surface area (Å²) in [5.74, 6) is -1.18. The molecule has 0 fully saturated rings. The Morgan fingerprint density at radius 2 is 1.81 bits per heavy atom. The largest absolute Gasteiger partial charge is 0.418 e. The maximum Gasteiger partial charge on any atom is 0.418 e. The van der Waals surface area contributed by atoms with E-state index in [-0.39, 0.29) is 20.6 Å². The molecule has 7 nitrogen and oxygen atoms in total. The molecule has 3 rings (SSSR count). The molecule has 13 heteroatoms. The third-order valence-electron chi connectivity index (χ3n) is 4.30. The fraction of sp³-hybridized carbons (Fsp3) is 0.158. The number of hydrogen-bond acceptors (Lipinski definition) is 6. The first kappa shape index (κ1) is 24.0. The van der Waals surface area contributed by atoms with E-state index in [0.717, 1.165) is 28.6 Å². The monoisotopic (exact) mass is 504 g/mol. The van der Waals surface area contributed by atoms with Crippen molar-refractivity contribution in [3.8, 4) is 0 Å². The number of amides is 1. The Balaban J connectivity index is 1.92. The van der Waals surface area contributed by atoms with Crippen LogP contribution in [0.4, 0.5) is 24.7 Å². The molecule has 0 aliphatic heterocycles. The van der Waals surface area contributed by atoms with Crippen LogP contribution in [-0.2, 0) is 27.4 Å². The van der Waals surface area contributed by atoms with E-state index in [0.29, 0.717) is 5.02 Å². The molecular weight excluding hydrogens is 489 g/mol. The Hall–Kier alpha value is -2.70. The number of thioether (sulfide) groups is 1. The van der Waals surface area contributed by atoms with Crippen molar-refractivity contribution in [2.75, 3.05) is 17.3 Å². The van der Waals surface area contributed by atoms with Gasteiger partial charge in [-0.3, -0.25) is 4.79 Å². The van der Waals surface area contributed by atoms with Gasteiger partial charge in [0, 0.05) is 5.02 Å². The predicted octanol–water partition coefficient (Wildman–Crippen LogP) is 4.33. The number of carbonyl (C=O) groups excluding carboxylic acids is 1. The summed E-state index contributed by atoms with van der Waals surface area (Å²) in [5, 5.41) is 6.61. The number of anilines is 2. The van der Waals surface area contributed by atoms with Crippen LogP contribution < -0.4 is 11.1 Å². The molecular formula is C19H16ClF3N4O3S2. The van der Waals surface area contributed by atoms with E-state index < -0.39 is 39.7 Å². The Morgan fingerprint density at radius 3 is 2.41 bits per heavy atom. The number of rotatable bonds is 6. The second-order valence-corrected chi connectivity index (χ2v) is 9.55. The zero-order chi connectivity index (χ0) is 23.7. The summed E-state index contributed by atoms with van der Waals surface area (Å²) in [4.78, 5) is 12.0. The third kappa shape index (κ3) is 4.87. The number of aromatic nitrogens is 2. The van der Waals surface area contributed by atoms with Gasteiger partial charge in [-0.1, -0.05) is 23.7 Å². The molecule has 3 aromatic rings. The topological polar surface area (TPSA) is 107 Å². The van der Waals surface area contributed by atoms with Gasteiger partial charge >= 0.3 is 6.18 Å². The highest BCUT2D eigenvalue weighted by Crippen LogP contribution is 2.36. The lowest BCUT2D eigenvalue weighted by Gasteiger charge is -2.13. The summed E-state index contributed by atoms with van der Waals surface area (Å²) in [6.07, 6.45) is -3.09. The molecule has 1 aromatic heterocycles. The second-order valence-electron chi connectivity index (χ2n) is 6.43. The lowest BCUT2D eigenvalue weighted by Crippen LogP contribution is -2.22. The predicted molar refractivity (Wildman–Crippen MR) is 115 cm³/mol. The van der Waals surface area contributed by atoms with Crippen molar-refractivity contribution in [2.45, 2.75) is 27.5 Å². The second kappa shape index (κ2) is 9.04.